The first-order valence-electron chi connectivity index (χ1n) is 11.0. The third kappa shape index (κ3) is 3.47. The number of nitrogens with zero attached hydrogens (tertiary/aromatic N) is 1. The summed E-state index contributed by atoms with van der Waals surface area (Å²) >= 11 is 0. The molecular weight excluding hydrogens is 346 g/mol. The van der Waals surface area contributed by atoms with E-state index in [-0.39, 0.29) is 5.91 Å². The molecule has 4 bridgehead atoms. The van der Waals surface area contributed by atoms with Gasteiger partial charge in [-0.15, -0.1) is 0 Å². The van der Waals surface area contributed by atoms with E-state index in [0.717, 1.165) is 48.3 Å². The molecule has 0 atom stereocenters. The van der Waals surface area contributed by atoms with Crippen LogP contribution in [0.5, 0.6) is 0 Å². The van der Waals surface area contributed by atoms with Gasteiger partial charge in [0.15, 0.2) is 0 Å². The number of carbonyl (C=O) groups is 1. The molecule has 0 radical (unpaired) electrons. The minimum atomic E-state index is 0.215. The highest BCUT2D eigenvalue weighted by atomic mass is 16.1. The van der Waals surface area contributed by atoms with Gasteiger partial charge in [0.2, 0.25) is 5.91 Å². The SMILES string of the molecule is CN(C)CCc1c[nH]c2ccc(NC(=O)CC34CC5CC(CC(C5)C3)C4)cc12. The van der Waals surface area contributed by atoms with E-state index >= 15 is 0 Å². The Hall–Kier alpha value is -1.81. The number of aromatic amines is 1. The average molecular weight is 380 g/mol. The van der Waals surface area contributed by atoms with Crippen molar-refractivity contribution < 1.29 is 4.79 Å². The van der Waals surface area contributed by atoms with Crippen LogP contribution in [0.25, 0.3) is 10.9 Å². The van der Waals surface area contributed by atoms with Gasteiger partial charge in [-0.1, -0.05) is 0 Å². The lowest BCUT2D eigenvalue weighted by Gasteiger charge is -2.56. The quantitative estimate of drug-likeness (QED) is 0.756. The number of fused-ring (bicyclic) bond motifs is 1. The molecule has 28 heavy (non-hydrogen) atoms. The zero-order valence-electron chi connectivity index (χ0n) is 17.3. The molecular formula is C24H33N3O. The number of nitrogens with one attached hydrogen (secondary N) is 2. The number of benzene rings is 1. The fourth-order valence-electron chi connectivity index (χ4n) is 6.86. The van der Waals surface area contributed by atoms with Gasteiger partial charge in [0.05, 0.1) is 0 Å². The van der Waals surface area contributed by atoms with Crippen molar-refractivity contribution in [2.24, 2.45) is 23.2 Å². The van der Waals surface area contributed by atoms with E-state index in [1.54, 1.807) is 0 Å². The molecule has 0 aliphatic heterocycles. The van der Waals surface area contributed by atoms with Crippen molar-refractivity contribution in [1.82, 2.24) is 9.88 Å². The minimum Gasteiger partial charge on any atom is -0.361 e. The Balaban J connectivity index is 1.28. The summed E-state index contributed by atoms with van der Waals surface area (Å²) in [7, 11) is 4.20. The summed E-state index contributed by atoms with van der Waals surface area (Å²) in [6.45, 7) is 1.02. The topological polar surface area (TPSA) is 48.1 Å². The first-order valence-corrected chi connectivity index (χ1v) is 11.0. The number of amides is 1. The van der Waals surface area contributed by atoms with E-state index in [2.05, 4.69) is 47.6 Å². The van der Waals surface area contributed by atoms with Crippen LogP contribution in [0.4, 0.5) is 5.69 Å². The van der Waals surface area contributed by atoms with Crippen molar-refractivity contribution in [2.75, 3.05) is 26.0 Å². The van der Waals surface area contributed by atoms with Crippen molar-refractivity contribution in [3.63, 3.8) is 0 Å². The van der Waals surface area contributed by atoms with E-state index < -0.39 is 0 Å². The van der Waals surface area contributed by atoms with E-state index in [9.17, 15) is 4.79 Å². The number of aromatic nitrogens is 1. The molecule has 150 valence electrons. The summed E-state index contributed by atoms with van der Waals surface area (Å²) in [6.07, 6.45) is 12.0. The smallest absolute Gasteiger partial charge is 0.224 e. The Bertz CT molecular complexity index is 846. The Morgan fingerprint density at radius 1 is 1.14 bits per heavy atom. The highest BCUT2D eigenvalue weighted by Crippen LogP contribution is 2.61. The molecule has 4 fully saturated rings. The van der Waals surface area contributed by atoms with Gasteiger partial charge in [-0.3, -0.25) is 4.79 Å². The average Bonchev–Trinajstić information content (AvgIpc) is 3.00. The van der Waals surface area contributed by atoms with Crippen molar-refractivity contribution in [2.45, 2.75) is 51.4 Å². The third-order valence-electron chi connectivity index (χ3n) is 7.58. The molecule has 4 heteroatoms. The molecule has 2 aromatic rings. The second kappa shape index (κ2) is 6.91. The van der Waals surface area contributed by atoms with Crippen LogP contribution in [-0.2, 0) is 11.2 Å². The molecule has 4 nitrogen and oxygen atoms in total. The van der Waals surface area contributed by atoms with Gasteiger partial charge < -0.3 is 15.2 Å². The van der Waals surface area contributed by atoms with Gasteiger partial charge in [0.25, 0.3) is 0 Å². The number of hydrogen-bond acceptors (Lipinski definition) is 2. The van der Waals surface area contributed by atoms with E-state index in [4.69, 9.17) is 0 Å². The molecule has 1 aromatic heterocycles. The maximum absolute atomic E-state index is 12.9. The maximum Gasteiger partial charge on any atom is 0.224 e. The molecule has 4 saturated carbocycles. The standard InChI is InChI=1S/C24H33N3O/c1-27(2)6-5-19-15-25-22-4-3-20(10-21(19)22)26-23(28)14-24-11-16-7-17(12-24)9-18(8-16)13-24/h3-4,10,15-18,25H,5-9,11-14H2,1-2H3,(H,26,28). The molecule has 4 aliphatic carbocycles. The Labute approximate surface area is 168 Å². The summed E-state index contributed by atoms with van der Waals surface area (Å²) in [6, 6.07) is 6.27. The summed E-state index contributed by atoms with van der Waals surface area (Å²) in [4.78, 5) is 18.5. The summed E-state index contributed by atoms with van der Waals surface area (Å²) < 4.78 is 0. The number of hydrogen-bond donors (Lipinski definition) is 2. The van der Waals surface area contributed by atoms with Crippen molar-refractivity contribution in [3.8, 4) is 0 Å². The Morgan fingerprint density at radius 2 is 1.82 bits per heavy atom. The first-order chi connectivity index (χ1) is 13.5. The lowest BCUT2D eigenvalue weighted by molar-refractivity contribution is -0.124. The van der Waals surface area contributed by atoms with Gasteiger partial charge in [-0.2, -0.15) is 0 Å². The lowest BCUT2D eigenvalue weighted by Crippen LogP contribution is -2.47. The maximum atomic E-state index is 12.9. The number of rotatable bonds is 6. The van der Waals surface area contributed by atoms with Crippen LogP contribution in [0.15, 0.2) is 24.4 Å². The molecule has 1 aromatic carbocycles. The summed E-state index contributed by atoms with van der Waals surface area (Å²) in [5.41, 5.74) is 3.70. The van der Waals surface area contributed by atoms with Gasteiger partial charge in [0, 0.05) is 35.8 Å². The number of carbonyl (C=O) groups excluding carboxylic acids is 1. The van der Waals surface area contributed by atoms with Gasteiger partial charge in [-0.25, -0.2) is 0 Å². The van der Waals surface area contributed by atoms with Crippen LogP contribution < -0.4 is 5.32 Å². The minimum absolute atomic E-state index is 0.215. The van der Waals surface area contributed by atoms with Gasteiger partial charge in [-0.05, 0) is 106 Å². The summed E-state index contributed by atoms with van der Waals surface area (Å²) in [5, 5.41) is 4.46. The molecule has 0 spiro atoms. The van der Waals surface area contributed by atoms with Crippen LogP contribution in [0.2, 0.25) is 0 Å². The Kier molecular flexibility index (Phi) is 4.50. The monoisotopic (exact) mass is 379 g/mol. The number of anilines is 1. The van der Waals surface area contributed by atoms with Gasteiger partial charge in [0.1, 0.15) is 0 Å². The van der Waals surface area contributed by atoms with Crippen molar-refractivity contribution >= 4 is 22.5 Å². The van der Waals surface area contributed by atoms with Crippen molar-refractivity contribution in [1.29, 1.82) is 0 Å². The second-order valence-corrected chi connectivity index (χ2v) is 10.3. The van der Waals surface area contributed by atoms with Gasteiger partial charge >= 0.3 is 0 Å². The third-order valence-corrected chi connectivity index (χ3v) is 7.58. The molecule has 0 saturated heterocycles. The number of H-pyrrole nitrogens is 1. The van der Waals surface area contributed by atoms with Crippen LogP contribution in [-0.4, -0.2) is 36.4 Å². The second-order valence-electron chi connectivity index (χ2n) is 10.3. The predicted octanol–water partition coefficient (Wildman–Crippen LogP) is 4.82. The van der Waals surface area contributed by atoms with Crippen molar-refractivity contribution in [3.05, 3.63) is 30.0 Å². The highest BCUT2D eigenvalue weighted by molar-refractivity contribution is 5.95. The summed E-state index contributed by atoms with van der Waals surface area (Å²) in [5.74, 6) is 2.91. The first kappa shape index (κ1) is 18.2. The molecule has 6 rings (SSSR count). The van der Waals surface area contributed by atoms with Crippen LogP contribution in [0, 0.1) is 23.2 Å². The Morgan fingerprint density at radius 3 is 2.46 bits per heavy atom. The van der Waals surface area contributed by atoms with Crippen LogP contribution in [0.1, 0.15) is 50.5 Å². The van der Waals surface area contributed by atoms with Crippen LogP contribution >= 0.6 is 0 Å². The highest BCUT2D eigenvalue weighted by Gasteiger charge is 2.51. The zero-order chi connectivity index (χ0) is 19.3. The zero-order valence-corrected chi connectivity index (χ0v) is 17.3. The largest absolute Gasteiger partial charge is 0.361 e. The molecule has 0 unspecified atom stereocenters. The van der Waals surface area contributed by atoms with E-state index in [0.29, 0.717) is 5.41 Å². The fraction of sp³-hybridized carbons (Fsp3) is 0.625. The number of likely N-dealkylation sites (N-methyl/N-ethyl adjacent to an activating group) is 1. The lowest BCUT2D eigenvalue weighted by atomic mass is 9.49. The van der Waals surface area contributed by atoms with Crippen LogP contribution in [0.3, 0.4) is 0 Å². The molecule has 1 amide bonds. The molecule has 1 heterocycles. The predicted molar refractivity (Wildman–Crippen MR) is 114 cm³/mol. The van der Waals surface area contributed by atoms with E-state index in [1.165, 1.54) is 49.5 Å². The van der Waals surface area contributed by atoms with E-state index in [1.807, 2.05) is 6.07 Å². The fourth-order valence-corrected chi connectivity index (χ4v) is 6.86. The molecule has 4 aliphatic rings. The normalized spacial score (nSPS) is 31.0. The molecule has 2 N–H and O–H groups in total.